The molecule has 1 aromatic rings. The van der Waals surface area contributed by atoms with E-state index >= 15 is 0 Å². The second-order valence-corrected chi connectivity index (χ2v) is 6.56. The van der Waals surface area contributed by atoms with Crippen LogP contribution in [0.2, 0.25) is 10.0 Å². The first kappa shape index (κ1) is 22.1. The molecule has 0 fully saturated rings. The lowest BCUT2D eigenvalue weighted by Gasteiger charge is -2.19. The maximum absolute atomic E-state index is 6.23. The second kappa shape index (κ2) is 12.6. The molecule has 2 N–H and O–H groups in total. The van der Waals surface area contributed by atoms with Crippen LogP contribution in [0.15, 0.2) is 23.2 Å². The Kier molecular flexibility index (Phi) is 12.6. The Labute approximate surface area is 165 Å². The molecule has 7 heteroatoms. The number of thioether (sulfide) groups is 1. The third-order valence-corrected chi connectivity index (χ3v) is 4.33. The average Bonchev–Trinajstić information content (AvgIpc) is 2.45. The van der Waals surface area contributed by atoms with Crippen LogP contribution in [0.5, 0.6) is 0 Å². The number of rotatable bonds is 7. The van der Waals surface area contributed by atoms with Crippen molar-refractivity contribution in [3.05, 3.63) is 33.8 Å². The van der Waals surface area contributed by atoms with Gasteiger partial charge in [-0.05, 0) is 49.5 Å². The van der Waals surface area contributed by atoms with Crippen LogP contribution in [-0.4, -0.2) is 31.6 Å². The zero-order valence-corrected chi connectivity index (χ0v) is 17.8. The van der Waals surface area contributed by atoms with E-state index in [-0.39, 0.29) is 30.0 Å². The van der Waals surface area contributed by atoms with Gasteiger partial charge < -0.3 is 10.6 Å². The number of nitrogens with one attached hydrogen (secondary N) is 2. The predicted octanol–water partition coefficient (Wildman–Crippen LogP) is 4.98. The van der Waals surface area contributed by atoms with Gasteiger partial charge in [0.2, 0.25) is 0 Å². The monoisotopic (exact) mass is 475 g/mol. The third kappa shape index (κ3) is 8.13. The van der Waals surface area contributed by atoms with E-state index < -0.39 is 0 Å². The van der Waals surface area contributed by atoms with Crippen LogP contribution in [0.25, 0.3) is 0 Å². The maximum Gasteiger partial charge on any atom is 0.191 e. The molecule has 0 aliphatic rings. The van der Waals surface area contributed by atoms with Gasteiger partial charge in [-0.1, -0.05) is 29.3 Å². The highest BCUT2D eigenvalue weighted by atomic mass is 127. The Morgan fingerprint density at radius 1 is 1.32 bits per heavy atom. The first-order valence-electron chi connectivity index (χ1n) is 6.99. The molecule has 0 aliphatic heterocycles. The van der Waals surface area contributed by atoms with E-state index in [0.717, 1.165) is 24.5 Å². The van der Waals surface area contributed by atoms with Crippen molar-refractivity contribution in [1.82, 2.24) is 10.6 Å². The van der Waals surface area contributed by atoms with Crippen molar-refractivity contribution >= 4 is 64.9 Å². The van der Waals surface area contributed by atoms with Gasteiger partial charge in [-0.2, -0.15) is 11.8 Å². The van der Waals surface area contributed by atoms with Crippen molar-refractivity contribution in [1.29, 1.82) is 0 Å². The quantitative estimate of drug-likeness (QED) is 0.252. The summed E-state index contributed by atoms with van der Waals surface area (Å²) in [6.07, 6.45) is 4.48. The zero-order chi connectivity index (χ0) is 15.7. The summed E-state index contributed by atoms with van der Waals surface area (Å²) in [4.78, 5) is 4.24. The van der Waals surface area contributed by atoms with Gasteiger partial charge >= 0.3 is 0 Å². The Morgan fingerprint density at radius 3 is 2.64 bits per heavy atom. The molecule has 0 bridgehead atoms. The SMILES string of the molecule is CN=C(NCCCCSC)NC(C)c1ccc(Cl)cc1Cl.I. The summed E-state index contributed by atoms with van der Waals surface area (Å²) in [6.45, 7) is 2.97. The van der Waals surface area contributed by atoms with Crippen molar-refractivity contribution in [2.45, 2.75) is 25.8 Å². The van der Waals surface area contributed by atoms with E-state index in [1.165, 1.54) is 12.2 Å². The largest absolute Gasteiger partial charge is 0.356 e. The minimum absolute atomic E-state index is 0. The highest BCUT2D eigenvalue weighted by Crippen LogP contribution is 2.25. The second-order valence-electron chi connectivity index (χ2n) is 4.73. The first-order valence-corrected chi connectivity index (χ1v) is 9.14. The minimum Gasteiger partial charge on any atom is -0.356 e. The Morgan fingerprint density at radius 2 is 2.05 bits per heavy atom. The normalized spacial score (nSPS) is 12.5. The summed E-state index contributed by atoms with van der Waals surface area (Å²) in [5.74, 6) is 1.99. The van der Waals surface area contributed by atoms with Crippen LogP contribution < -0.4 is 10.6 Å². The lowest BCUT2D eigenvalue weighted by Crippen LogP contribution is -2.39. The molecule has 126 valence electrons. The number of unbranched alkanes of at least 4 members (excludes halogenated alkanes) is 1. The molecule has 0 radical (unpaired) electrons. The van der Waals surface area contributed by atoms with E-state index in [9.17, 15) is 0 Å². The lowest BCUT2D eigenvalue weighted by molar-refractivity contribution is 0.672. The number of hydrogen-bond acceptors (Lipinski definition) is 2. The molecule has 0 heterocycles. The number of aliphatic imine (C=N–C) groups is 1. The molecule has 1 rings (SSSR count). The van der Waals surface area contributed by atoms with Gasteiger partial charge in [0.05, 0.1) is 6.04 Å². The van der Waals surface area contributed by atoms with Gasteiger partial charge in [0.1, 0.15) is 0 Å². The number of halogens is 3. The molecule has 3 nitrogen and oxygen atoms in total. The fraction of sp³-hybridized carbons (Fsp3) is 0.533. The molecule has 0 amide bonds. The van der Waals surface area contributed by atoms with Gasteiger partial charge in [-0.25, -0.2) is 0 Å². The van der Waals surface area contributed by atoms with E-state index in [1.54, 1.807) is 13.1 Å². The van der Waals surface area contributed by atoms with E-state index in [0.29, 0.717) is 10.0 Å². The molecule has 0 spiro atoms. The summed E-state index contributed by atoms with van der Waals surface area (Å²) < 4.78 is 0. The van der Waals surface area contributed by atoms with Gasteiger partial charge in [-0.15, -0.1) is 24.0 Å². The third-order valence-electron chi connectivity index (χ3n) is 3.07. The van der Waals surface area contributed by atoms with Crippen molar-refractivity contribution in [2.75, 3.05) is 25.6 Å². The van der Waals surface area contributed by atoms with E-state index in [2.05, 4.69) is 28.8 Å². The van der Waals surface area contributed by atoms with Crippen LogP contribution >= 0.6 is 58.9 Å². The van der Waals surface area contributed by atoms with Gasteiger partial charge in [0.15, 0.2) is 5.96 Å². The van der Waals surface area contributed by atoms with Crippen molar-refractivity contribution in [2.24, 2.45) is 4.99 Å². The molecule has 1 atom stereocenters. The fourth-order valence-electron chi connectivity index (χ4n) is 1.91. The Bertz CT molecular complexity index is 472. The molecule has 0 aromatic heterocycles. The van der Waals surface area contributed by atoms with Crippen LogP contribution in [-0.2, 0) is 0 Å². The minimum atomic E-state index is 0. The van der Waals surface area contributed by atoms with Crippen molar-refractivity contribution in [3.8, 4) is 0 Å². The highest BCUT2D eigenvalue weighted by molar-refractivity contribution is 14.0. The highest BCUT2D eigenvalue weighted by Gasteiger charge is 2.11. The smallest absolute Gasteiger partial charge is 0.191 e. The van der Waals surface area contributed by atoms with Crippen molar-refractivity contribution < 1.29 is 0 Å². The molecular weight excluding hydrogens is 452 g/mol. The molecule has 22 heavy (non-hydrogen) atoms. The van der Waals surface area contributed by atoms with E-state index in [1.807, 2.05) is 23.9 Å². The maximum atomic E-state index is 6.23. The Balaban J connectivity index is 0.00000441. The number of benzene rings is 1. The summed E-state index contributed by atoms with van der Waals surface area (Å²) in [5.41, 5.74) is 1.01. The lowest BCUT2D eigenvalue weighted by atomic mass is 10.1. The number of hydrogen-bond donors (Lipinski definition) is 2. The molecule has 1 unspecified atom stereocenters. The summed E-state index contributed by atoms with van der Waals surface area (Å²) in [5, 5.41) is 7.97. The number of nitrogens with zero attached hydrogens (tertiary/aromatic N) is 1. The van der Waals surface area contributed by atoms with Crippen molar-refractivity contribution in [3.63, 3.8) is 0 Å². The fourth-order valence-corrected chi connectivity index (χ4v) is 2.97. The topological polar surface area (TPSA) is 36.4 Å². The van der Waals surface area contributed by atoms with Crippen LogP contribution in [0.4, 0.5) is 0 Å². The molecule has 0 aliphatic carbocycles. The van der Waals surface area contributed by atoms with Gasteiger partial charge in [0, 0.05) is 23.6 Å². The predicted molar refractivity (Wildman–Crippen MR) is 112 cm³/mol. The standard InChI is InChI=1S/C15H23Cl2N3S.HI/c1-11(13-7-6-12(16)10-14(13)17)20-15(18-2)19-8-4-5-9-21-3;/h6-7,10-11H,4-5,8-9H2,1-3H3,(H2,18,19,20);1H. The zero-order valence-electron chi connectivity index (χ0n) is 13.2. The molecular formula is C15H24Cl2IN3S. The van der Waals surface area contributed by atoms with Gasteiger partial charge in [0.25, 0.3) is 0 Å². The van der Waals surface area contributed by atoms with Crippen LogP contribution in [0.3, 0.4) is 0 Å². The summed E-state index contributed by atoms with van der Waals surface area (Å²) >= 11 is 14.0. The molecule has 0 saturated carbocycles. The molecule has 0 saturated heterocycles. The molecule has 1 aromatic carbocycles. The first-order chi connectivity index (χ1) is 10.1. The van der Waals surface area contributed by atoms with Crippen LogP contribution in [0, 0.1) is 0 Å². The summed E-state index contributed by atoms with van der Waals surface area (Å²) in [7, 11) is 1.77. The van der Waals surface area contributed by atoms with Gasteiger partial charge in [-0.3, -0.25) is 4.99 Å². The average molecular weight is 476 g/mol. The summed E-state index contributed by atoms with van der Waals surface area (Å²) in [6, 6.07) is 5.61. The van der Waals surface area contributed by atoms with Crippen LogP contribution in [0.1, 0.15) is 31.4 Å². The number of guanidine groups is 1. The Hall–Kier alpha value is 0.150. The van der Waals surface area contributed by atoms with E-state index in [4.69, 9.17) is 23.2 Å².